The van der Waals surface area contributed by atoms with E-state index in [1.165, 1.54) is 11.1 Å². The Morgan fingerprint density at radius 3 is 2.71 bits per heavy atom. The van der Waals surface area contributed by atoms with Gasteiger partial charge in [0.25, 0.3) is 0 Å². The standard InChI is InChI=1S/C17H20N2O2/c1-2-13-12-15(3-4-16(13)18-9-1)19-14-5-7-17(8-6-14)20-10-11-21-17/h1-4,9,12,14,19H,5-8,10-11H2. The first-order valence-corrected chi connectivity index (χ1v) is 7.72. The highest BCUT2D eigenvalue weighted by Crippen LogP contribution is 2.36. The normalized spacial score (nSPS) is 21.9. The van der Waals surface area contributed by atoms with Crippen molar-refractivity contribution in [1.82, 2.24) is 4.98 Å². The van der Waals surface area contributed by atoms with E-state index in [9.17, 15) is 0 Å². The van der Waals surface area contributed by atoms with E-state index < -0.39 is 0 Å². The Balaban J connectivity index is 1.43. The van der Waals surface area contributed by atoms with Crippen LogP contribution in [0.5, 0.6) is 0 Å². The van der Waals surface area contributed by atoms with Crippen LogP contribution in [0.2, 0.25) is 0 Å². The average molecular weight is 284 g/mol. The number of hydrogen-bond acceptors (Lipinski definition) is 4. The third-order valence-corrected chi connectivity index (χ3v) is 4.53. The summed E-state index contributed by atoms with van der Waals surface area (Å²) >= 11 is 0. The molecule has 1 aliphatic heterocycles. The zero-order valence-corrected chi connectivity index (χ0v) is 12.0. The highest BCUT2D eigenvalue weighted by molar-refractivity contribution is 5.82. The Kier molecular flexibility index (Phi) is 3.28. The van der Waals surface area contributed by atoms with Crippen LogP contribution >= 0.6 is 0 Å². The van der Waals surface area contributed by atoms with Crippen molar-refractivity contribution in [3.05, 3.63) is 36.5 Å². The summed E-state index contributed by atoms with van der Waals surface area (Å²) in [5.74, 6) is -0.272. The molecule has 0 unspecified atom stereocenters. The van der Waals surface area contributed by atoms with Crippen LogP contribution in [0.1, 0.15) is 25.7 Å². The van der Waals surface area contributed by atoms with Gasteiger partial charge in [-0.05, 0) is 37.1 Å². The van der Waals surface area contributed by atoms with Crippen molar-refractivity contribution in [3.8, 4) is 0 Å². The van der Waals surface area contributed by atoms with Gasteiger partial charge in [0.1, 0.15) is 0 Å². The zero-order valence-electron chi connectivity index (χ0n) is 12.0. The molecule has 2 fully saturated rings. The van der Waals surface area contributed by atoms with Crippen molar-refractivity contribution in [3.63, 3.8) is 0 Å². The Morgan fingerprint density at radius 1 is 1.10 bits per heavy atom. The van der Waals surface area contributed by atoms with E-state index in [-0.39, 0.29) is 5.79 Å². The molecule has 4 rings (SSSR count). The molecule has 0 bridgehead atoms. The number of fused-ring (bicyclic) bond motifs is 1. The fourth-order valence-corrected chi connectivity index (χ4v) is 3.39. The quantitative estimate of drug-likeness (QED) is 0.918. The maximum absolute atomic E-state index is 5.78. The summed E-state index contributed by atoms with van der Waals surface area (Å²) in [6, 6.07) is 10.9. The lowest BCUT2D eigenvalue weighted by atomic mass is 9.90. The molecule has 2 aliphatic rings. The second-order valence-corrected chi connectivity index (χ2v) is 5.94. The Bertz CT molecular complexity index is 627. The number of nitrogens with one attached hydrogen (secondary N) is 1. The third-order valence-electron chi connectivity index (χ3n) is 4.53. The molecule has 1 saturated heterocycles. The van der Waals surface area contributed by atoms with Gasteiger partial charge < -0.3 is 14.8 Å². The first-order valence-electron chi connectivity index (χ1n) is 7.72. The summed E-state index contributed by atoms with van der Waals surface area (Å²) < 4.78 is 11.6. The molecule has 1 saturated carbocycles. The molecular weight excluding hydrogens is 264 g/mol. The molecule has 1 N–H and O–H groups in total. The van der Waals surface area contributed by atoms with Gasteiger partial charge in [-0.3, -0.25) is 4.98 Å². The smallest absolute Gasteiger partial charge is 0.168 e. The molecule has 110 valence electrons. The SMILES string of the molecule is c1cnc2ccc(NC3CCC4(CC3)OCCO4)cc2c1. The summed E-state index contributed by atoms with van der Waals surface area (Å²) in [5, 5.41) is 4.82. The van der Waals surface area contributed by atoms with Crippen LogP contribution in [0.25, 0.3) is 10.9 Å². The second kappa shape index (κ2) is 5.28. The van der Waals surface area contributed by atoms with Crippen LogP contribution < -0.4 is 5.32 Å². The summed E-state index contributed by atoms with van der Waals surface area (Å²) in [6.07, 6.45) is 5.98. The average Bonchev–Trinajstić information content (AvgIpc) is 2.98. The van der Waals surface area contributed by atoms with Crippen molar-refractivity contribution < 1.29 is 9.47 Å². The van der Waals surface area contributed by atoms with Crippen LogP contribution in [0, 0.1) is 0 Å². The zero-order chi connectivity index (χ0) is 14.1. The summed E-state index contributed by atoms with van der Waals surface area (Å²) in [4.78, 5) is 4.36. The van der Waals surface area contributed by atoms with Gasteiger partial charge >= 0.3 is 0 Å². The van der Waals surface area contributed by atoms with E-state index >= 15 is 0 Å². The lowest BCUT2D eigenvalue weighted by molar-refractivity contribution is -0.177. The van der Waals surface area contributed by atoms with Gasteiger partial charge in [0.15, 0.2) is 5.79 Å². The number of benzene rings is 1. The fourth-order valence-electron chi connectivity index (χ4n) is 3.39. The van der Waals surface area contributed by atoms with E-state index in [0.29, 0.717) is 6.04 Å². The maximum atomic E-state index is 5.78. The third kappa shape index (κ3) is 2.61. The highest BCUT2D eigenvalue weighted by Gasteiger charge is 2.40. The molecule has 1 aliphatic carbocycles. The topological polar surface area (TPSA) is 43.4 Å². The molecule has 0 amide bonds. The number of rotatable bonds is 2. The highest BCUT2D eigenvalue weighted by atomic mass is 16.7. The molecule has 1 aromatic heterocycles. The lowest BCUT2D eigenvalue weighted by Crippen LogP contribution is -2.39. The molecule has 1 aromatic carbocycles. The van der Waals surface area contributed by atoms with Gasteiger partial charge in [-0.15, -0.1) is 0 Å². The minimum absolute atomic E-state index is 0.272. The number of anilines is 1. The van der Waals surface area contributed by atoms with Gasteiger partial charge in [-0.2, -0.15) is 0 Å². The summed E-state index contributed by atoms with van der Waals surface area (Å²) in [7, 11) is 0. The van der Waals surface area contributed by atoms with E-state index in [1.807, 2.05) is 12.3 Å². The van der Waals surface area contributed by atoms with Crippen molar-refractivity contribution in [2.24, 2.45) is 0 Å². The van der Waals surface area contributed by atoms with Crippen molar-refractivity contribution in [2.45, 2.75) is 37.5 Å². The Labute approximate surface area is 124 Å². The molecular formula is C17H20N2O2. The van der Waals surface area contributed by atoms with Crippen LogP contribution in [-0.4, -0.2) is 30.0 Å². The molecule has 2 aromatic rings. The van der Waals surface area contributed by atoms with E-state index in [4.69, 9.17) is 9.47 Å². The number of hydrogen-bond donors (Lipinski definition) is 1. The molecule has 4 nitrogen and oxygen atoms in total. The maximum Gasteiger partial charge on any atom is 0.168 e. The largest absolute Gasteiger partial charge is 0.382 e. The number of ether oxygens (including phenoxy) is 2. The first-order chi connectivity index (χ1) is 10.3. The van der Waals surface area contributed by atoms with Gasteiger partial charge in [0.2, 0.25) is 0 Å². The second-order valence-electron chi connectivity index (χ2n) is 5.94. The predicted octanol–water partition coefficient (Wildman–Crippen LogP) is 3.33. The van der Waals surface area contributed by atoms with E-state index in [2.05, 4.69) is 34.6 Å². The van der Waals surface area contributed by atoms with Crippen LogP contribution in [0.15, 0.2) is 36.5 Å². The van der Waals surface area contributed by atoms with E-state index in [1.54, 1.807) is 0 Å². The van der Waals surface area contributed by atoms with Gasteiger partial charge in [0.05, 0.1) is 18.7 Å². The summed E-state index contributed by atoms with van der Waals surface area (Å²) in [5.41, 5.74) is 2.21. The van der Waals surface area contributed by atoms with Crippen LogP contribution in [-0.2, 0) is 9.47 Å². The molecule has 0 atom stereocenters. The Hall–Kier alpha value is -1.65. The fraction of sp³-hybridized carbons (Fsp3) is 0.471. The lowest BCUT2D eigenvalue weighted by Gasteiger charge is -2.36. The van der Waals surface area contributed by atoms with Crippen molar-refractivity contribution in [1.29, 1.82) is 0 Å². The predicted molar refractivity (Wildman–Crippen MR) is 82.3 cm³/mol. The van der Waals surface area contributed by atoms with Gasteiger partial charge in [0, 0.05) is 36.2 Å². The number of pyridine rings is 1. The first kappa shape index (κ1) is 13.0. The van der Waals surface area contributed by atoms with Crippen LogP contribution in [0.4, 0.5) is 5.69 Å². The van der Waals surface area contributed by atoms with Gasteiger partial charge in [-0.25, -0.2) is 0 Å². The minimum Gasteiger partial charge on any atom is -0.382 e. The van der Waals surface area contributed by atoms with Crippen LogP contribution in [0.3, 0.4) is 0 Å². The van der Waals surface area contributed by atoms with Gasteiger partial charge in [-0.1, -0.05) is 6.07 Å². The monoisotopic (exact) mass is 284 g/mol. The Morgan fingerprint density at radius 2 is 1.90 bits per heavy atom. The molecule has 2 heterocycles. The van der Waals surface area contributed by atoms with E-state index in [0.717, 1.165) is 44.4 Å². The molecule has 21 heavy (non-hydrogen) atoms. The van der Waals surface area contributed by atoms with Crippen molar-refractivity contribution in [2.75, 3.05) is 18.5 Å². The van der Waals surface area contributed by atoms with Crippen molar-refractivity contribution >= 4 is 16.6 Å². The number of nitrogens with zero attached hydrogens (tertiary/aromatic N) is 1. The molecule has 4 heteroatoms. The summed E-state index contributed by atoms with van der Waals surface area (Å²) in [6.45, 7) is 1.49. The minimum atomic E-state index is -0.272. The number of aromatic nitrogens is 1. The molecule has 1 spiro atoms. The molecule has 0 radical (unpaired) electrons.